The van der Waals surface area contributed by atoms with Gasteiger partial charge in [0, 0.05) is 12.5 Å². The molecule has 0 saturated carbocycles. The Labute approximate surface area is 232 Å². The fourth-order valence-electron chi connectivity index (χ4n) is 4.83. The van der Waals surface area contributed by atoms with Crippen LogP contribution in [-0.4, -0.2) is 70.4 Å². The number of rotatable bonds is 12. The SMILES string of the molecule is NC(=O)CNC(=O)[C@H]1OC1C(=O)N[C@H](Cc1ccc(O)c([N+](=O)[O-])c1)C(=O)N[C@@H](C(N)=O)C1Cc2ccccc2C1. The molecule has 4 rings (SSSR count). The lowest BCUT2D eigenvalue weighted by atomic mass is 9.95. The van der Waals surface area contributed by atoms with Crippen LogP contribution in [0.15, 0.2) is 42.5 Å². The number of nitrogens with two attached hydrogens (primary N) is 2. The van der Waals surface area contributed by atoms with Crippen molar-refractivity contribution in [1.82, 2.24) is 16.0 Å². The van der Waals surface area contributed by atoms with Crippen molar-refractivity contribution in [2.24, 2.45) is 17.4 Å². The van der Waals surface area contributed by atoms with E-state index in [1.54, 1.807) is 0 Å². The molecule has 15 nitrogen and oxygen atoms in total. The first kappa shape index (κ1) is 28.9. The average Bonchev–Trinajstić information content (AvgIpc) is 3.62. The molecule has 15 heteroatoms. The van der Waals surface area contributed by atoms with Crippen molar-refractivity contribution >= 4 is 35.2 Å². The largest absolute Gasteiger partial charge is 0.502 e. The number of nitro groups is 1. The zero-order chi connectivity index (χ0) is 29.8. The van der Waals surface area contributed by atoms with Gasteiger partial charge in [0.1, 0.15) is 12.1 Å². The van der Waals surface area contributed by atoms with E-state index in [-0.39, 0.29) is 17.9 Å². The van der Waals surface area contributed by atoms with E-state index in [0.717, 1.165) is 23.3 Å². The monoisotopic (exact) mass is 568 g/mol. The van der Waals surface area contributed by atoms with E-state index in [9.17, 15) is 39.2 Å². The lowest BCUT2D eigenvalue weighted by Gasteiger charge is -2.25. The highest BCUT2D eigenvalue weighted by Crippen LogP contribution is 2.30. The molecule has 0 radical (unpaired) electrons. The molecule has 0 bridgehead atoms. The second-order valence-corrected chi connectivity index (χ2v) is 9.83. The molecule has 216 valence electrons. The molecule has 0 aromatic heterocycles. The summed E-state index contributed by atoms with van der Waals surface area (Å²) in [5.74, 6) is -4.91. The first-order chi connectivity index (χ1) is 19.4. The fraction of sp³-hybridized carbons (Fsp3) is 0.346. The molecule has 2 aromatic carbocycles. The van der Waals surface area contributed by atoms with Gasteiger partial charge in [-0.1, -0.05) is 30.3 Å². The first-order valence-electron chi connectivity index (χ1n) is 12.6. The molecule has 1 heterocycles. The Hall–Kier alpha value is -5.05. The molecular formula is C26H28N6O9. The van der Waals surface area contributed by atoms with Crippen LogP contribution in [0.25, 0.3) is 0 Å². The van der Waals surface area contributed by atoms with Gasteiger partial charge in [-0.2, -0.15) is 0 Å². The highest BCUT2D eigenvalue weighted by Gasteiger charge is 2.51. The number of nitrogens with one attached hydrogen (secondary N) is 3. The zero-order valence-electron chi connectivity index (χ0n) is 21.6. The summed E-state index contributed by atoms with van der Waals surface area (Å²) < 4.78 is 5.10. The Morgan fingerprint density at radius 1 is 1.00 bits per heavy atom. The van der Waals surface area contributed by atoms with Crippen LogP contribution in [0, 0.1) is 16.0 Å². The van der Waals surface area contributed by atoms with Crippen LogP contribution in [-0.2, 0) is 48.0 Å². The molecule has 1 fully saturated rings. The minimum absolute atomic E-state index is 0.214. The molecule has 41 heavy (non-hydrogen) atoms. The van der Waals surface area contributed by atoms with Gasteiger partial charge < -0.3 is 37.3 Å². The van der Waals surface area contributed by atoms with Gasteiger partial charge in [-0.15, -0.1) is 0 Å². The standard InChI is InChI=1S/C26H28N6O9/c27-19(34)11-29-25(37)21-22(41-21)26(38)30-16(7-12-5-6-18(33)17(8-12)32(39)40)24(36)31-20(23(28)35)15-9-13-3-1-2-4-14(13)10-15/h1-6,8,15-16,20-22,33H,7,9-11H2,(H2,27,34)(H2,28,35)(H,29,37)(H,30,38)(H,31,36)/t16-,20-,21+,22?/m1/s1. The van der Waals surface area contributed by atoms with Crippen molar-refractivity contribution in [1.29, 1.82) is 0 Å². The lowest BCUT2D eigenvalue weighted by molar-refractivity contribution is -0.385. The number of carbonyl (C=O) groups is 5. The van der Waals surface area contributed by atoms with E-state index in [2.05, 4.69) is 16.0 Å². The quantitative estimate of drug-likeness (QED) is 0.0947. The maximum Gasteiger partial charge on any atom is 0.310 e. The average molecular weight is 569 g/mol. The van der Waals surface area contributed by atoms with Crippen molar-refractivity contribution in [2.45, 2.75) is 43.6 Å². The van der Waals surface area contributed by atoms with Gasteiger partial charge in [-0.3, -0.25) is 34.1 Å². The molecule has 1 unspecified atom stereocenters. The smallest absolute Gasteiger partial charge is 0.310 e. The number of benzene rings is 2. The third-order valence-electron chi connectivity index (χ3n) is 6.91. The molecule has 1 aliphatic heterocycles. The Morgan fingerprint density at radius 2 is 1.63 bits per heavy atom. The number of phenolic OH excluding ortho intramolecular Hbond substituents is 1. The molecule has 2 aliphatic rings. The predicted octanol–water partition coefficient (Wildman–Crippen LogP) is -1.92. The van der Waals surface area contributed by atoms with Crippen molar-refractivity contribution in [3.63, 3.8) is 0 Å². The second-order valence-electron chi connectivity index (χ2n) is 9.83. The van der Waals surface area contributed by atoms with Crippen LogP contribution in [0.2, 0.25) is 0 Å². The van der Waals surface area contributed by atoms with E-state index in [1.807, 2.05) is 24.3 Å². The molecule has 4 atom stereocenters. The van der Waals surface area contributed by atoms with Crippen LogP contribution < -0.4 is 27.4 Å². The number of epoxide rings is 1. The van der Waals surface area contributed by atoms with Crippen LogP contribution in [0.3, 0.4) is 0 Å². The second kappa shape index (κ2) is 12.0. The number of fused-ring (bicyclic) bond motifs is 1. The van der Waals surface area contributed by atoms with Gasteiger partial charge in [-0.05, 0) is 41.5 Å². The summed E-state index contributed by atoms with van der Waals surface area (Å²) in [5, 5.41) is 28.4. The molecule has 5 amide bonds. The fourth-order valence-corrected chi connectivity index (χ4v) is 4.83. The minimum atomic E-state index is -1.38. The van der Waals surface area contributed by atoms with E-state index in [4.69, 9.17) is 16.2 Å². The lowest BCUT2D eigenvalue weighted by Crippen LogP contribution is -2.56. The topological polar surface area (TPSA) is 249 Å². The normalized spacial score (nSPS) is 18.8. The molecular weight excluding hydrogens is 540 g/mol. The molecule has 2 aromatic rings. The van der Waals surface area contributed by atoms with E-state index in [1.165, 1.54) is 6.07 Å². The highest BCUT2D eigenvalue weighted by molar-refractivity contribution is 5.98. The third kappa shape index (κ3) is 6.94. The summed E-state index contributed by atoms with van der Waals surface area (Å²) in [5.41, 5.74) is 12.3. The number of nitrogens with zero attached hydrogens (tertiary/aromatic N) is 1. The van der Waals surface area contributed by atoms with Gasteiger partial charge in [0.2, 0.25) is 17.7 Å². The molecule has 1 aliphatic carbocycles. The number of phenols is 1. The number of aromatic hydroxyl groups is 1. The maximum absolute atomic E-state index is 13.5. The van der Waals surface area contributed by atoms with E-state index >= 15 is 0 Å². The number of hydrogen-bond acceptors (Lipinski definition) is 9. The number of nitro benzene ring substituents is 1. The van der Waals surface area contributed by atoms with Gasteiger partial charge in [0.05, 0.1) is 11.5 Å². The number of ether oxygens (including phenoxy) is 1. The highest BCUT2D eigenvalue weighted by atomic mass is 16.6. The number of hydrogen-bond donors (Lipinski definition) is 6. The summed E-state index contributed by atoms with van der Waals surface area (Å²) >= 11 is 0. The Bertz CT molecular complexity index is 1390. The van der Waals surface area contributed by atoms with Crippen molar-refractivity contribution in [2.75, 3.05) is 6.54 Å². The summed E-state index contributed by atoms with van der Waals surface area (Å²) in [6.07, 6.45) is -1.79. The van der Waals surface area contributed by atoms with Crippen LogP contribution >= 0.6 is 0 Å². The van der Waals surface area contributed by atoms with Gasteiger partial charge in [0.15, 0.2) is 18.0 Å². The van der Waals surface area contributed by atoms with Crippen molar-refractivity contribution in [3.8, 4) is 5.75 Å². The molecule has 1 saturated heterocycles. The summed E-state index contributed by atoms with van der Waals surface area (Å²) in [6, 6.07) is 8.56. The van der Waals surface area contributed by atoms with Gasteiger partial charge in [0.25, 0.3) is 11.8 Å². The van der Waals surface area contributed by atoms with Gasteiger partial charge in [-0.25, -0.2) is 0 Å². The van der Waals surface area contributed by atoms with E-state index in [0.29, 0.717) is 12.8 Å². The number of amides is 5. The summed E-state index contributed by atoms with van der Waals surface area (Å²) in [7, 11) is 0. The van der Waals surface area contributed by atoms with Crippen LogP contribution in [0.5, 0.6) is 5.75 Å². The Morgan fingerprint density at radius 3 is 2.22 bits per heavy atom. The van der Waals surface area contributed by atoms with Crippen LogP contribution in [0.4, 0.5) is 5.69 Å². The summed E-state index contributed by atoms with van der Waals surface area (Å²) in [4.78, 5) is 72.2. The Balaban J connectivity index is 1.51. The first-order valence-corrected chi connectivity index (χ1v) is 12.6. The predicted molar refractivity (Wildman–Crippen MR) is 140 cm³/mol. The third-order valence-corrected chi connectivity index (χ3v) is 6.91. The minimum Gasteiger partial charge on any atom is -0.502 e. The van der Waals surface area contributed by atoms with Crippen molar-refractivity contribution in [3.05, 3.63) is 69.3 Å². The number of primary amides is 2. The maximum atomic E-state index is 13.5. The van der Waals surface area contributed by atoms with Crippen molar-refractivity contribution < 1.29 is 38.7 Å². The molecule has 0 spiro atoms. The van der Waals surface area contributed by atoms with Gasteiger partial charge >= 0.3 is 5.69 Å². The van der Waals surface area contributed by atoms with Crippen LogP contribution in [0.1, 0.15) is 16.7 Å². The molecule has 8 N–H and O–H groups in total. The summed E-state index contributed by atoms with van der Waals surface area (Å²) in [6.45, 7) is -0.461. The number of carbonyl (C=O) groups excluding carboxylic acids is 5. The Kier molecular flexibility index (Phi) is 8.47. The van der Waals surface area contributed by atoms with E-state index < -0.39 is 76.7 Å². The zero-order valence-corrected chi connectivity index (χ0v) is 21.6.